The second kappa shape index (κ2) is 6.47. The number of hydrogen-bond donors (Lipinski definition) is 2. The second-order valence-corrected chi connectivity index (χ2v) is 7.38. The van der Waals surface area contributed by atoms with Gasteiger partial charge in [0.2, 0.25) is 0 Å². The maximum absolute atomic E-state index is 9.73. The van der Waals surface area contributed by atoms with Crippen molar-refractivity contribution in [3.8, 4) is 44.1 Å². The quantitative estimate of drug-likeness (QED) is 0.537. The minimum absolute atomic E-state index is 0.0938. The minimum Gasteiger partial charge on any atom is -0.504 e. The predicted molar refractivity (Wildman–Crippen MR) is 103 cm³/mol. The molecule has 26 heavy (non-hydrogen) atoms. The van der Waals surface area contributed by atoms with E-state index in [0.29, 0.717) is 11.5 Å². The van der Waals surface area contributed by atoms with Crippen LogP contribution in [0, 0.1) is 0 Å². The normalized spacial score (nSPS) is 11.0. The standard InChI is InChI=1S/C18H14N2O4S2/c1-23-13-7-9(3-5-11(13)21)15-19-17-18(25-15)20-16(26-17)10-4-6-12(22)14(8-10)24-2/h3-8,21-22H,1-2H3. The number of aromatic nitrogens is 2. The van der Waals surface area contributed by atoms with Crippen LogP contribution in [-0.4, -0.2) is 34.4 Å². The van der Waals surface area contributed by atoms with Crippen molar-refractivity contribution in [2.24, 2.45) is 0 Å². The molecule has 8 heteroatoms. The number of nitrogens with zero attached hydrogens (tertiary/aromatic N) is 2. The maximum Gasteiger partial charge on any atom is 0.161 e. The summed E-state index contributed by atoms with van der Waals surface area (Å²) in [6, 6.07) is 10.3. The molecule has 4 rings (SSSR count). The Kier molecular flexibility index (Phi) is 4.14. The van der Waals surface area contributed by atoms with E-state index in [-0.39, 0.29) is 11.5 Å². The van der Waals surface area contributed by atoms with Gasteiger partial charge in [-0.05, 0) is 36.4 Å². The molecule has 2 N–H and O–H groups in total. The average molecular weight is 386 g/mol. The third-order valence-corrected chi connectivity index (χ3v) is 5.96. The highest BCUT2D eigenvalue weighted by Gasteiger charge is 2.15. The van der Waals surface area contributed by atoms with Gasteiger partial charge in [-0.3, -0.25) is 0 Å². The monoisotopic (exact) mass is 386 g/mol. The fraction of sp³-hybridized carbons (Fsp3) is 0.111. The Bertz CT molecular complexity index is 989. The van der Waals surface area contributed by atoms with Crippen molar-refractivity contribution in [3.63, 3.8) is 0 Å². The Morgan fingerprint density at radius 2 is 1.15 bits per heavy atom. The fourth-order valence-corrected chi connectivity index (χ4v) is 4.55. The summed E-state index contributed by atoms with van der Waals surface area (Å²) in [6.45, 7) is 0. The molecule has 2 aromatic carbocycles. The van der Waals surface area contributed by atoms with Crippen LogP contribution in [0.1, 0.15) is 0 Å². The molecule has 132 valence electrons. The lowest BCUT2D eigenvalue weighted by Crippen LogP contribution is -1.85. The van der Waals surface area contributed by atoms with Gasteiger partial charge in [-0.15, -0.1) is 0 Å². The molecule has 0 atom stereocenters. The van der Waals surface area contributed by atoms with Gasteiger partial charge in [-0.1, -0.05) is 22.7 Å². The highest BCUT2D eigenvalue weighted by molar-refractivity contribution is 7.29. The summed E-state index contributed by atoms with van der Waals surface area (Å²) in [4.78, 5) is 11.0. The first kappa shape index (κ1) is 16.6. The smallest absolute Gasteiger partial charge is 0.161 e. The Balaban J connectivity index is 1.72. The largest absolute Gasteiger partial charge is 0.504 e. The minimum atomic E-state index is 0.0938. The molecule has 0 saturated carbocycles. The van der Waals surface area contributed by atoms with Crippen LogP contribution < -0.4 is 9.47 Å². The van der Waals surface area contributed by atoms with Gasteiger partial charge in [0.05, 0.1) is 14.2 Å². The van der Waals surface area contributed by atoms with E-state index < -0.39 is 0 Å². The van der Waals surface area contributed by atoms with E-state index in [4.69, 9.17) is 9.47 Å². The summed E-state index contributed by atoms with van der Waals surface area (Å²) in [7, 11) is 3.03. The summed E-state index contributed by atoms with van der Waals surface area (Å²) < 4.78 is 10.3. The van der Waals surface area contributed by atoms with Crippen molar-refractivity contribution in [3.05, 3.63) is 36.4 Å². The van der Waals surface area contributed by atoms with Crippen molar-refractivity contribution < 1.29 is 19.7 Å². The number of aromatic hydroxyl groups is 2. The van der Waals surface area contributed by atoms with E-state index in [9.17, 15) is 10.2 Å². The fourth-order valence-electron chi connectivity index (χ4n) is 2.51. The van der Waals surface area contributed by atoms with Gasteiger partial charge in [0, 0.05) is 11.1 Å². The van der Waals surface area contributed by atoms with Gasteiger partial charge >= 0.3 is 0 Å². The molecule has 2 heterocycles. The SMILES string of the molecule is COc1cc(-c2nc3sc(-c4ccc(O)c(OC)c4)nc3s2)ccc1O. The van der Waals surface area contributed by atoms with Crippen LogP contribution in [0.5, 0.6) is 23.0 Å². The van der Waals surface area contributed by atoms with E-state index >= 15 is 0 Å². The van der Waals surface area contributed by atoms with E-state index in [2.05, 4.69) is 9.97 Å². The number of phenols is 2. The van der Waals surface area contributed by atoms with Crippen LogP contribution in [0.15, 0.2) is 36.4 Å². The molecule has 0 unspecified atom stereocenters. The number of rotatable bonds is 4. The number of benzene rings is 2. The molecule has 0 fully saturated rings. The lowest BCUT2D eigenvalue weighted by molar-refractivity contribution is 0.373. The molecule has 6 nitrogen and oxygen atoms in total. The van der Waals surface area contributed by atoms with E-state index in [0.717, 1.165) is 30.8 Å². The van der Waals surface area contributed by atoms with Gasteiger partial charge in [0.25, 0.3) is 0 Å². The number of fused-ring (bicyclic) bond motifs is 1. The summed E-state index contributed by atoms with van der Waals surface area (Å²) in [5.74, 6) is 1.00. The second-order valence-electron chi connectivity index (χ2n) is 5.42. The lowest BCUT2D eigenvalue weighted by atomic mass is 10.2. The van der Waals surface area contributed by atoms with Crippen molar-refractivity contribution >= 4 is 32.3 Å². The van der Waals surface area contributed by atoms with Crippen molar-refractivity contribution in [2.45, 2.75) is 0 Å². The van der Waals surface area contributed by atoms with Crippen LogP contribution in [-0.2, 0) is 0 Å². The van der Waals surface area contributed by atoms with Crippen LogP contribution in [0.3, 0.4) is 0 Å². The Morgan fingerprint density at radius 1 is 0.731 bits per heavy atom. The molecule has 0 radical (unpaired) electrons. The third kappa shape index (κ3) is 2.83. The molecule has 0 aliphatic heterocycles. The van der Waals surface area contributed by atoms with E-state index in [1.165, 1.54) is 36.9 Å². The first-order valence-corrected chi connectivity index (χ1v) is 9.24. The zero-order chi connectivity index (χ0) is 18.3. The van der Waals surface area contributed by atoms with Crippen molar-refractivity contribution in [1.29, 1.82) is 0 Å². The number of thiazole rings is 2. The predicted octanol–water partition coefficient (Wildman–Crippen LogP) is 4.52. The van der Waals surface area contributed by atoms with Gasteiger partial charge in [0.1, 0.15) is 10.0 Å². The summed E-state index contributed by atoms with van der Waals surface area (Å²) in [6.07, 6.45) is 0. The zero-order valence-corrected chi connectivity index (χ0v) is 15.5. The molecule has 0 aliphatic carbocycles. The molecule has 0 bridgehead atoms. The molecule has 4 aromatic rings. The number of phenolic OH excluding ortho intramolecular Hbond substituents is 2. The maximum atomic E-state index is 9.73. The van der Waals surface area contributed by atoms with Gasteiger partial charge in [0.15, 0.2) is 32.7 Å². The van der Waals surface area contributed by atoms with Gasteiger partial charge in [-0.25, -0.2) is 9.97 Å². The third-order valence-electron chi connectivity index (χ3n) is 3.83. The lowest BCUT2D eigenvalue weighted by Gasteiger charge is -2.04. The van der Waals surface area contributed by atoms with Crippen LogP contribution in [0.2, 0.25) is 0 Å². The van der Waals surface area contributed by atoms with Crippen LogP contribution >= 0.6 is 22.7 Å². The molecule has 0 amide bonds. The summed E-state index contributed by atoms with van der Waals surface area (Å²) in [5, 5.41) is 21.1. The Hall–Kier alpha value is -2.84. The molecule has 2 aromatic heterocycles. The summed E-state index contributed by atoms with van der Waals surface area (Å²) >= 11 is 2.95. The van der Waals surface area contributed by atoms with E-state index in [1.807, 2.05) is 0 Å². The molecular weight excluding hydrogens is 372 g/mol. The Morgan fingerprint density at radius 3 is 1.54 bits per heavy atom. The van der Waals surface area contributed by atoms with E-state index in [1.54, 1.807) is 36.4 Å². The zero-order valence-electron chi connectivity index (χ0n) is 13.9. The average Bonchev–Trinajstić information content (AvgIpc) is 3.21. The van der Waals surface area contributed by atoms with Crippen molar-refractivity contribution in [2.75, 3.05) is 14.2 Å². The highest BCUT2D eigenvalue weighted by Crippen LogP contribution is 2.40. The van der Waals surface area contributed by atoms with Crippen molar-refractivity contribution in [1.82, 2.24) is 9.97 Å². The van der Waals surface area contributed by atoms with Gasteiger partial charge in [-0.2, -0.15) is 0 Å². The number of ether oxygens (including phenoxy) is 2. The first-order valence-electron chi connectivity index (χ1n) is 7.61. The van der Waals surface area contributed by atoms with Crippen LogP contribution in [0.25, 0.3) is 30.8 Å². The van der Waals surface area contributed by atoms with Crippen LogP contribution in [0.4, 0.5) is 0 Å². The number of methoxy groups -OCH3 is 2. The molecule has 0 spiro atoms. The first-order chi connectivity index (χ1) is 12.6. The number of hydrogen-bond acceptors (Lipinski definition) is 8. The molecule has 0 aliphatic rings. The molecule has 0 saturated heterocycles. The highest BCUT2D eigenvalue weighted by atomic mass is 32.1. The topological polar surface area (TPSA) is 84.7 Å². The Labute approximate surface area is 156 Å². The molecular formula is C18H14N2O4S2. The van der Waals surface area contributed by atoms with Gasteiger partial charge < -0.3 is 19.7 Å². The summed E-state index contributed by atoms with van der Waals surface area (Å²) in [5.41, 5.74) is 1.73.